The first kappa shape index (κ1) is 97.3. The van der Waals surface area contributed by atoms with Crippen molar-refractivity contribution in [1.82, 2.24) is 19.5 Å². The Balaban J connectivity index is -0.00000101. The van der Waals surface area contributed by atoms with Crippen LogP contribution in [0.15, 0.2) is 31.6 Å². The zero-order valence-corrected chi connectivity index (χ0v) is 63.2. The van der Waals surface area contributed by atoms with Gasteiger partial charge in [0.2, 0.25) is 0 Å². The molecule has 0 aromatic carbocycles. The van der Waals surface area contributed by atoms with Gasteiger partial charge >= 0.3 is 40.9 Å². The number of carbonyl (C=O) groups is 2. The average Bonchev–Trinajstić information content (AvgIpc) is 1.69. The molecule has 8 aliphatic rings. The Bertz CT molecular complexity index is 2450. The number of unbranched alkanes of at least 4 members (excludes halogenated alkanes) is 2. The zero-order chi connectivity index (χ0) is 69.6. The number of halogens is 3. The number of aliphatic hydroxyl groups excluding tert-OH is 4. The van der Waals surface area contributed by atoms with Crippen molar-refractivity contribution in [2.75, 3.05) is 65.3 Å². The molecule has 7 N–H and O–H groups in total. The maximum Gasteiger partial charge on any atom is 1.00 e. The van der Waals surface area contributed by atoms with E-state index in [0.29, 0.717) is 60.9 Å². The van der Waals surface area contributed by atoms with Crippen molar-refractivity contribution in [3.05, 3.63) is 65.2 Å². The Labute approximate surface area is 603 Å². The number of H-pyrrole nitrogens is 3. The Morgan fingerprint density at radius 1 is 0.695 bits per heavy atom. The van der Waals surface area contributed by atoms with Gasteiger partial charge in [-0.15, -0.1) is 12.4 Å². The first-order chi connectivity index (χ1) is 43.6. The van der Waals surface area contributed by atoms with Gasteiger partial charge in [-0.05, 0) is 124 Å². The van der Waals surface area contributed by atoms with Crippen LogP contribution < -0.4 is 57.2 Å². The molecule has 8 saturated heterocycles. The second kappa shape index (κ2) is 53.9. The summed E-state index contributed by atoms with van der Waals surface area (Å²) in [6.07, 6.45) is 14.0. The molecule has 0 amide bonds. The van der Waals surface area contributed by atoms with E-state index in [0.717, 1.165) is 109 Å². The van der Waals surface area contributed by atoms with Gasteiger partial charge in [0.15, 0.2) is 36.7 Å². The van der Waals surface area contributed by atoms with Gasteiger partial charge in [0, 0.05) is 49.4 Å². The smallest absolute Gasteiger partial charge is 0.857 e. The zero-order valence-electron chi connectivity index (χ0n) is 58.1. The normalized spacial score (nSPS) is 28.7. The molecule has 8 fully saturated rings. The van der Waals surface area contributed by atoms with E-state index in [9.17, 15) is 28.8 Å². The second-order valence-electron chi connectivity index (χ2n) is 23.8. The topological polar surface area (TPSA) is 369 Å². The van der Waals surface area contributed by atoms with Crippen LogP contribution in [0.1, 0.15) is 178 Å². The SMILES string of the molecule is BrCC1OCCO1.C.CC1(C)OC[C@@H](C=O)O1.CC1(C)OC[C@@H](CCC2OCCO2)O1.CC[C@@H]1OC(C)C[C@H]1C.CC[C@@H]1OC(n2cc(C)c(=O)[nH]c2=O)C[C@H]1C.CC[C@@H]1O[C@@H](Cl)C[C@H]1C.C[O-].Cc1c[nH]c(=O)[nH]c1=O.Cl.O=CCCCCO.OC[C@@H]1OC(O)C[C@H]1O.[Na+]. The van der Waals surface area contributed by atoms with E-state index < -0.39 is 41.5 Å². The quantitative estimate of drug-likeness (QED) is 0.0617. The van der Waals surface area contributed by atoms with Crippen LogP contribution in [-0.2, 0) is 66.4 Å². The number of aryl methyl sites for hydroxylation is 2. The minimum Gasteiger partial charge on any atom is -0.857 e. The molecule has 552 valence electrons. The summed E-state index contributed by atoms with van der Waals surface area (Å²) >= 11 is 8.98. The van der Waals surface area contributed by atoms with Gasteiger partial charge in [-0.2, -0.15) is 7.11 Å². The molecule has 0 saturated carbocycles. The molecule has 0 aliphatic carbocycles. The minimum absolute atomic E-state index is 0. The number of ether oxygens (including phenoxy) is 12. The number of aromatic nitrogens is 4. The van der Waals surface area contributed by atoms with Gasteiger partial charge in [-0.3, -0.25) is 24.1 Å². The largest absolute Gasteiger partial charge is 1.00 e. The van der Waals surface area contributed by atoms with Crippen molar-refractivity contribution in [3.63, 3.8) is 0 Å². The average molecular weight is 1480 g/mol. The molecule has 3 unspecified atom stereocenters. The Morgan fingerprint density at radius 3 is 1.58 bits per heavy atom. The van der Waals surface area contributed by atoms with Crippen molar-refractivity contribution in [2.24, 2.45) is 17.8 Å². The number of aromatic amines is 3. The maximum absolute atomic E-state index is 11.7. The van der Waals surface area contributed by atoms with Crippen molar-refractivity contribution < 1.29 is 122 Å². The van der Waals surface area contributed by atoms with Gasteiger partial charge < -0.3 is 96.9 Å². The summed E-state index contributed by atoms with van der Waals surface area (Å²) in [5.74, 6) is 0.889. The number of aliphatic hydroxyl groups is 4. The van der Waals surface area contributed by atoms with Crippen LogP contribution in [0.5, 0.6) is 0 Å². The molecule has 31 heteroatoms. The van der Waals surface area contributed by atoms with Crippen LogP contribution in [0.4, 0.5) is 0 Å². The Kier molecular flexibility index (Phi) is 55.1. The summed E-state index contributed by atoms with van der Waals surface area (Å²) in [5.41, 5.74) is -0.511. The van der Waals surface area contributed by atoms with Gasteiger partial charge in [-0.25, -0.2) is 9.59 Å². The summed E-state index contributed by atoms with van der Waals surface area (Å²) in [7, 11) is 0.750. The van der Waals surface area contributed by atoms with Gasteiger partial charge in [0.05, 0.1) is 88.2 Å². The minimum atomic E-state index is -0.905. The summed E-state index contributed by atoms with van der Waals surface area (Å²) in [6.45, 7) is 29.9. The monoisotopic (exact) mass is 1480 g/mol. The van der Waals surface area contributed by atoms with E-state index in [4.69, 9.17) is 89.2 Å². The Hall–Kier alpha value is -1.92. The third-order valence-electron chi connectivity index (χ3n) is 15.1. The molecule has 0 spiro atoms. The molecule has 27 nitrogen and oxygen atoms in total. The third kappa shape index (κ3) is 40.3. The van der Waals surface area contributed by atoms with Crippen molar-refractivity contribution in [2.45, 2.75) is 266 Å². The number of nitrogens with zero attached hydrogens (tertiary/aromatic N) is 1. The predicted molar refractivity (Wildman–Crippen MR) is 359 cm³/mol. The summed E-state index contributed by atoms with van der Waals surface area (Å²) in [6, 6.07) is 0. The molecule has 2 aromatic rings. The molecule has 14 atom stereocenters. The number of carbonyl (C=O) groups excluding carboxylic acids is 2. The van der Waals surface area contributed by atoms with Gasteiger partial charge in [-0.1, -0.05) is 76.5 Å². The van der Waals surface area contributed by atoms with Crippen molar-refractivity contribution in [3.8, 4) is 0 Å². The van der Waals surface area contributed by atoms with Crippen LogP contribution in [0.3, 0.4) is 0 Å². The van der Waals surface area contributed by atoms with Crippen molar-refractivity contribution in [1.29, 1.82) is 0 Å². The summed E-state index contributed by atoms with van der Waals surface area (Å²) < 4.78 is 65.1. The van der Waals surface area contributed by atoms with Gasteiger partial charge in [0.25, 0.3) is 11.1 Å². The van der Waals surface area contributed by atoms with E-state index in [-0.39, 0.29) is 123 Å². The molecule has 0 bridgehead atoms. The molecular formula is C64H116BrCl2N4NaO23. The van der Waals surface area contributed by atoms with Crippen LogP contribution in [0, 0.1) is 31.6 Å². The molecule has 95 heavy (non-hydrogen) atoms. The van der Waals surface area contributed by atoms with Crippen LogP contribution in [0.25, 0.3) is 0 Å². The number of aldehydes is 2. The molecular weight excluding hydrogens is 1370 g/mol. The van der Waals surface area contributed by atoms with E-state index >= 15 is 0 Å². The predicted octanol–water partition coefficient (Wildman–Crippen LogP) is 3.36. The molecule has 10 rings (SSSR count). The fourth-order valence-corrected chi connectivity index (χ4v) is 10.9. The first-order valence-corrected chi connectivity index (χ1v) is 33.5. The van der Waals surface area contributed by atoms with Crippen molar-refractivity contribution >= 4 is 52.5 Å². The summed E-state index contributed by atoms with van der Waals surface area (Å²) in [4.78, 5) is 70.3. The van der Waals surface area contributed by atoms with Gasteiger partial charge in [0.1, 0.15) is 30.3 Å². The maximum atomic E-state index is 11.7. The standard InChI is InChI=1S/C12H18N2O3.C10H18O4.C8H16O.C7H13ClO.C6H10O3.C5H6N2O2.C5H10O4.C5H10O2.C4H7BrO2.CH3O.CH4.ClH.Na/c1-4-9-7(2)5-10(17-9)14-6-8(3)11(15)13-12(14)16;1-10(2)13-7-8(14-10)3-4-9-11-5-6-12-9;1-4-8-6(2)5-7(3)9-8;1-3-6-5(2)4-7(8)9-6;1-6(2)8-4-5(3-7)9-6;1-3-2-6-5(9)7-4(3)8;6-2-4-3(7)1-5(8)9-4;6-4-2-1-3-5-7;5-3-4-6-1-2-7-4;1-2;;;/h6-7,9-10H,4-5H2,1-3H3,(H,13,15,16);8-9H,3-7H2,1-2H3;6-8H,4-5H2,1-3H3;5-7H,3-4H2,1-2H3;3,5H,4H2,1-2H3;2H,1H3,(H2,6,7,8,9);3-8H,1-2H2;4,7H,1-3,5H2;4H,1-3H2;1H3;1H4;1H;/q;;;;;;;;;-1;;;+1/t7-,9+,10?;8-;6-,7?,8+;5-,6+,7-;5-;;3-,4+,5?;;;;;;/m11111.1....../s1. The third-order valence-corrected chi connectivity index (χ3v) is 15.9. The second-order valence-corrected chi connectivity index (χ2v) is 25.0. The molecule has 10 heterocycles. The van der Waals surface area contributed by atoms with E-state index in [1.807, 2.05) is 13.8 Å². The first-order valence-electron chi connectivity index (χ1n) is 32.0. The fraction of sp³-hybridized carbons (Fsp3) is 0.844. The van der Waals surface area contributed by atoms with Crippen LogP contribution in [0.2, 0.25) is 0 Å². The van der Waals surface area contributed by atoms with E-state index in [1.165, 1.54) is 23.6 Å². The molecule has 8 aliphatic heterocycles. The van der Waals surface area contributed by atoms with E-state index in [2.05, 4.69) is 84.1 Å². The number of hydrogen-bond donors (Lipinski definition) is 7. The summed E-state index contributed by atoms with van der Waals surface area (Å²) in [5, 5.41) is 43.3. The Morgan fingerprint density at radius 2 is 1.22 bits per heavy atom. The number of hydrogen-bond acceptors (Lipinski definition) is 23. The number of rotatable bonds is 14. The van der Waals surface area contributed by atoms with Crippen LogP contribution in [-0.4, -0.2) is 203 Å². The number of nitrogens with one attached hydrogen (secondary N) is 3. The molecule has 0 radical (unpaired) electrons. The van der Waals surface area contributed by atoms with E-state index in [1.54, 1.807) is 33.9 Å². The fourth-order valence-electron chi connectivity index (χ4n) is 10.1. The van der Waals surface area contributed by atoms with Crippen LogP contribution >= 0.6 is 39.9 Å². The molecule has 2 aromatic heterocycles. The number of alkyl halides is 2.